The van der Waals surface area contributed by atoms with E-state index in [4.69, 9.17) is 16.3 Å². The van der Waals surface area contributed by atoms with Crippen LogP contribution in [0.2, 0.25) is 5.15 Å². The SMILES string of the molecule is O=C(Nc1ccccc1[N+](=O)[O-])NC(COC(=O)c1ccc(Cl)nc1)Cc1ccccc1. The lowest BCUT2D eigenvalue weighted by atomic mass is 10.1. The number of pyridine rings is 1. The summed E-state index contributed by atoms with van der Waals surface area (Å²) in [5.41, 5.74) is 0.951. The van der Waals surface area contributed by atoms with Crippen LogP contribution in [0.4, 0.5) is 16.2 Å². The average Bonchev–Trinajstić information content (AvgIpc) is 2.78. The van der Waals surface area contributed by atoms with Gasteiger partial charge in [0.15, 0.2) is 0 Å². The van der Waals surface area contributed by atoms with E-state index in [-0.39, 0.29) is 28.7 Å². The molecule has 9 nitrogen and oxygen atoms in total. The van der Waals surface area contributed by atoms with Crippen molar-refractivity contribution < 1.29 is 19.2 Å². The van der Waals surface area contributed by atoms with Gasteiger partial charge in [-0.1, -0.05) is 54.1 Å². The zero-order chi connectivity index (χ0) is 22.9. The molecule has 2 aromatic carbocycles. The predicted octanol–water partition coefficient (Wildman–Crippen LogP) is 4.23. The van der Waals surface area contributed by atoms with Crippen LogP contribution in [0.1, 0.15) is 15.9 Å². The second-order valence-corrected chi connectivity index (χ2v) is 7.11. The lowest BCUT2D eigenvalue weighted by Gasteiger charge is -2.19. The van der Waals surface area contributed by atoms with Crippen molar-refractivity contribution in [2.24, 2.45) is 0 Å². The number of carbonyl (C=O) groups is 2. The first-order chi connectivity index (χ1) is 15.4. The smallest absolute Gasteiger partial charge is 0.339 e. The minimum atomic E-state index is -0.663. The molecule has 1 unspecified atom stereocenters. The van der Waals surface area contributed by atoms with Gasteiger partial charge in [-0.25, -0.2) is 14.6 Å². The third-order valence-electron chi connectivity index (χ3n) is 4.39. The van der Waals surface area contributed by atoms with Gasteiger partial charge in [-0.15, -0.1) is 0 Å². The van der Waals surface area contributed by atoms with Gasteiger partial charge in [0.05, 0.1) is 16.5 Å². The number of ether oxygens (including phenoxy) is 1. The van der Waals surface area contributed by atoms with Crippen LogP contribution in [0.25, 0.3) is 0 Å². The Hall–Kier alpha value is -3.98. The van der Waals surface area contributed by atoms with Gasteiger partial charge in [0, 0.05) is 12.3 Å². The Morgan fingerprint density at radius 1 is 1.06 bits per heavy atom. The van der Waals surface area contributed by atoms with Crippen LogP contribution < -0.4 is 10.6 Å². The number of rotatable bonds is 8. The number of hydrogen-bond donors (Lipinski definition) is 2. The minimum Gasteiger partial charge on any atom is -0.460 e. The highest BCUT2D eigenvalue weighted by Crippen LogP contribution is 2.23. The van der Waals surface area contributed by atoms with E-state index in [0.717, 1.165) is 5.56 Å². The van der Waals surface area contributed by atoms with E-state index < -0.39 is 23.0 Å². The molecular formula is C22H19ClN4O5. The fraction of sp³-hybridized carbons (Fsp3) is 0.136. The van der Waals surface area contributed by atoms with E-state index in [9.17, 15) is 19.7 Å². The zero-order valence-corrected chi connectivity index (χ0v) is 17.5. The summed E-state index contributed by atoms with van der Waals surface area (Å²) in [4.78, 5) is 39.3. The minimum absolute atomic E-state index is 0.0534. The van der Waals surface area contributed by atoms with Gasteiger partial charge >= 0.3 is 12.0 Å². The van der Waals surface area contributed by atoms with Crippen molar-refractivity contribution in [2.75, 3.05) is 11.9 Å². The number of carbonyl (C=O) groups excluding carboxylic acids is 2. The van der Waals surface area contributed by atoms with Crippen molar-refractivity contribution in [2.45, 2.75) is 12.5 Å². The summed E-state index contributed by atoms with van der Waals surface area (Å²) in [6, 6.07) is 16.8. The average molecular weight is 455 g/mol. The number of nitrogens with zero attached hydrogens (tertiary/aromatic N) is 2. The molecule has 0 bridgehead atoms. The first-order valence-electron chi connectivity index (χ1n) is 9.56. The Morgan fingerprint density at radius 3 is 2.47 bits per heavy atom. The Labute approximate surface area is 188 Å². The number of urea groups is 1. The Kier molecular flexibility index (Phi) is 7.71. The lowest BCUT2D eigenvalue weighted by Crippen LogP contribution is -2.42. The van der Waals surface area contributed by atoms with E-state index >= 15 is 0 Å². The van der Waals surface area contributed by atoms with E-state index in [2.05, 4.69) is 15.6 Å². The topological polar surface area (TPSA) is 123 Å². The fourth-order valence-corrected chi connectivity index (χ4v) is 3.00. The van der Waals surface area contributed by atoms with E-state index in [1.807, 2.05) is 30.3 Å². The number of esters is 1. The number of nitro benzene ring substituents is 1. The third kappa shape index (κ3) is 6.51. The van der Waals surface area contributed by atoms with Crippen molar-refractivity contribution in [3.63, 3.8) is 0 Å². The number of amides is 2. The molecule has 1 heterocycles. The van der Waals surface area contributed by atoms with Crippen molar-refractivity contribution in [1.29, 1.82) is 0 Å². The Balaban J connectivity index is 1.68. The fourth-order valence-electron chi connectivity index (χ4n) is 2.89. The molecule has 0 saturated carbocycles. The molecule has 2 N–H and O–H groups in total. The van der Waals surface area contributed by atoms with Gasteiger partial charge in [0.1, 0.15) is 17.4 Å². The van der Waals surface area contributed by atoms with Crippen molar-refractivity contribution >= 4 is 35.0 Å². The molecule has 0 radical (unpaired) electrons. The molecule has 3 rings (SSSR count). The molecule has 1 aromatic heterocycles. The standard InChI is InChI=1S/C22H19ClN4O5/c23-20-11-10-16(13-24-20)21(28)32-14-17(12-15-6-2-1-3-7-15)25-22(29)26-18-8-4-5-9-19(18)27(30)31/h1-11,13,17H,12,14H2,(H2,25,26,29). The highest BCUT2D eigenvalue weighted by atomic mass is 35.5. The number of aromatic nitrogens is 1. The molecule has 1 atom stereocenters. The zero-order valence-electron chi connectivity index (χ0n) is 16.7. The van der Waals surface area contributed by atoms with Gasteiger partial charge in [-0.05, 0) is 30.2 Å². The number of benzene rings is 2. The summed E-state index contributed by atoms with van der Waals surface area (Å²) < 4.78 is 5.34. The molecule has 0 saturated heterocycles. The Morgan fingerprint density at radius 2 is 1.78 bits per heavy atom. The van der Waals surface area contributed by atoms with Gasteiger partial charge in [-0.2, -0.15) is 0 Å². The molecule has 0 aliphatic heterocycles. The van der Waals surface area contributed by atoms with Gasteiger partial charge < -0.3 is 15.4 Å². The number of hydrogen-bond acceptors (Lipinski definition) is 6. The molecule has 0 fully saturated rings. The van der Waals surface area contributed by atoms with E-state index in [1.165, 1.54) is 36.5 Å². The highest BCUT2D eigenvalue weighted by molar-refractivity contribution is 6.29. The molecular weight excluding hydrogens is 436 g/mol. The summed E-state index contributed by atoms with van der Waals surface area (Å²) in [6.45, 7) is -0.124. The maximum absolute atomic E-state index is 12.5. The summed E-state index contributed by atoms with van der Waals surface area (Å²) in [7, 11) is 0. The quantitative estimate of drug-likeness (QED) is 0.227. The summed E-state index contributed by atoms with van der Waals surface area (Å²) >= 11 is 5.73. The second kappa shape index (κ2) is 10.9. The number of para-hydroxylation sites is 2. The van der Waals surface area contributed by atoms with Crippen LogP contribution >= 0.6 is 11.6 Å². The summed E-state index contributed by atoms with van der Waals surface area (Å²) in [6.07, 6.45) is 1.67. The van der Waals surface area contributed by atoms with E-state index in [0.29, 0.717) is 6.42 Å². The first kappa shape index (κ1) is 22.7. The van der Waals surface area contributed by atoms with Crippen LogP contribution in [0.5, 0.6) is 0 Å². The molecule has 0 aliphatic rings. The number of nitro groups is 1. The molecule has 164 valence electrons. The highest BCUT2D eigenvalue weighted by Gasteiger charge is 2.19. The molecule has 3 aromatic rings. The largest absolute Gasteiger partial charge is 0.460 e. The van der Waals surface area contributed by atoms with Gasteiger partial charge in [0.25, 0.3) is 5.69 Å². The lowest BCUT2D eigenvalue weighted by molar-refractivity contribution is -0.383. The van der Waals surface area contributed by atoms with Crippen LogP contribution in [-0.2, 0) is 11.2 Å². The second-order valence-electron chi connectivity index (χ2n) is 6.73. The molecule has 10 heteroatoms. The summed E-state index contributed by atoms with van der Waals surface area (Å²) in [5.74, 6) is -0.617. The van der Waals surface area contributed by atoms with Gasteiger partial charge in [-0.3, -0.25) is 10.1 Å². The number of anilines is 1. The number of halogens is 1. The van der Waals surface area contributed by atoms with Crippen molar-refractivity contribution in [3.05, 3.63) is 99.3 Å². The van der Waals surface area contributed by atoms with Crippen LogP contribution in [0, 0.1) is 10.1 Å². The summed E-state index contributed by atoms with van der Waals surface area (Å²) in [5, 5.41) is 16.6. The maximum Gasteiger partial charge on any atom is 0.339 e. The van der Waals surface area contributed by atoms with Crippen molar-refractivity contribution in [1.82, 2.24) is 10.3 Å². The maximum atomic E-state index is 12.5. The van der Waals surface area contributed by atoms with Gasteiger partial charge in [0.2, 0.25) is 0 Å². The molecule has 0 aliphatic carbocycles. The van der Waals surface area contributed by atoms with E-state index in [1.54, 1.807) is 6.07 Å². The first-order valence-corrected chi connectivity index (χ1v) is 9.93. The normalized spacial score (nSPS) is 11.3. The molecule has 2 amide bonds. The number of nitrogens with one attached hydrogen (secondary N) is 2. The molecule has 0 spiro atoms. The Bertz CT molecular complexity index is 1090. The van der Waals surface area contributed by atoms with Crippen LogP contribution in [-0.4, -0.2) is 34.6 Å². The van der Waals surface area contributed by atoms with Crippen LogP contribution in [0.3, 0.4) is 0 Å². The predicted molar refractivity (Wildman–Crippen MR) is 119 cm³/mol. The molecule has 32 heavy (non-hydrogen) atoms. The monoisotopic (exact) mass is 454 g/mol. The van der Waals surface area contributed by atoms with Crippen LogP contribution in [0.15, 0.2) is 72.9 Å². The van der Waals surface area contributed by atoms with Crippen molar-refractivity contribution in [3.8, 4) is 0 Å². The third-order valence-corrected chi connectivity index (χ3v) is 4.61.